The average Bonchev–Trinajstić information content (AvgIpc) is 4.07. The van der Waals surface area contributed by atoms with Crippen LogP contribution in [0.3, 0.4) is 0 Å². The number of hydrogen-bond acceptors (Lipinski definition) is 5. The number of hydrogen-bond donors (Lipinski definition) is 0. The third-order valence-electron chi connectivity index (χ3n) is 11.9. The summed E-state index contributed by atoms with van der Waals surface area (Å²) in [7, 11) is 0. The van der Waals surface area contributed by atoms with Crippen molar-refractivity contribution in [3.8, 4) is 22.3 Å². The van der Waals surface area contributed by atoms with E-state index in [2.05, 4.69) is 163 Å². The number of fused-ring (bicyclic) bond motifs is 13. The second-order valence-corrected chi connectivity index (χ2v) is 16.2. The van der Waals surface area contributed by atoms with Crippen LogP contribution in [0.4, 0.5) is 17.1 Å². The fourth-order valence-electron chi connectivity index (χ4n) is 9.22. The number of anilines is 3. The predicted molar refractivity (Wildman–Crippen MR) is 247 cm³/mol. The molecule has 0 radical (unpaired) electrons. The molecule has 0 amide bonds. The van der Waals surface area contributed by atoms with Crippen molar-refractivity contribution in [3.05, 3.63) is 188 Å². The fourth-order valence-corrected chi connectivity index (χ4v) is 10.4. The first-order chi connectivity index (χ1) is 29.2. The molecule has 0 fully saturated rings. The minimum Gasteiger partial charge on any atom is -0.456 e. The molecule has 0 saturated heterocycles. The van der Waals surface area contributed by atoms with Gasteiger partial charge in [0.1, 0.15) is 33.5 Å². The normalized spacial score (nSPS) is 12.1. The van der Waals surface area contributed by atoms with Gasteiger partial charge in [0, 0.05) is 59.3 Å². The third kappa shape index (κ3) is 4.83. The molecule has 5 heteroatoms. The quantitative estimate of drug-likeness (QED) is 0.175. The van der Waals surface area contributed by atoms with Crippen LogP contribution in [0.25, 0.3) is 108 Å². The van der Waals surface area contributed by atoms with E-state index in [1.807, 2.05) is 41.7 Å². The minimum atomic E-state index is 0.818. The maximum atomic E-state index is 6.53. The smallest absolute Gasteiger partial charge is 0.147 e. The van der Waals surface area contributed by atoms with Gasteiger partial charge in [-0.3, -0.25) is 0 Å². The van der Waals surface area contributed by atoms with Gasteiger partial charge in [-0.25, -0.2) is 0 Å². The van der Waals surface area contributed by atoms with Crippen molar-refractivity contribution in [1.82, 2.24) is 0 Å². The Morgan fingerprint density at radius 2 is 0.881 bits per heavy atom. The average molecular weight is 774 g/mol. The Morgan fingerprint density at radius 1 is 0.339 bits per heavy atom. The molecular formula is C54H31NO3S. The number of rotatable bonds is 5. The van der Waals surface area contributed by atoms with Crippen LogP contribution in [0.15, 0.2) is 201 Å². The predicted octanol–water partition coefficient (Wildman–Crippen LogP) is 16.6. The Kier molecular flexibility index (Phi) is 6.85. The van der Waals surface area contributed by atoms with Crippen molar-refractivity contribution in [1.29, 1.82) is 0 Å². The van der Waals surface area contributed by atoms with Crippen molar-refractivity contribution in [2.24, 2.45) is 0 Å². The third-order valence-corrected chi connectivity index (χ3v) is 13.1. The molecule has 0 N–H and O–H groups in total. The van der Waals surface area contributed by atoms with Crippen LogP contribution in [0.1, 0.15) is 0 Å². The van der Waals surface area contributed by atoms with E-state index in [-0.39, 0.29) is 0 Å². The lowest BCUT2D eigenvalue weighted by Gasteiger charge is -2.26. The molecule has 0 spiro atoms. The van der Waals surface area contributed by atoms with Crippen molar-refractivity contribution >= 4 is 114 Å². The van der Waals surface area contributed by atoms with Crippen LogP contribution in [-0.2, 0) is 0 Å². The molecule has 59 heavy (non-hydrogen) atoms. The standard InChI is InChI=1S/C54H31NO3S/c1-4-18-45-38(10-1)41-15-7-14-37(52(41)57-45)33-24-28-35(29-25-33)55(44-17-8-16-43-40-12-3-6-21-49(40)59-54(43)44)34-26-22-32(23-27-34)36-13-9-20-47-50(36)51-48(56-47)31-30-42-39-11-2-5-19-46(39)58-53(42)51/h1-31H. The first kappa shape index (κ1) is 32.5. The first-order valence-corrected chi connectivity index (χ1v) is 20.6. The molecule has 0 aliphatic carbocycles. The molecule has 13 rings (SSSR count). The summed E-state index contributed by atoms with van der Waals surface area (Å²) in [5.41, 5.74) is 12.8. The van der Waals surface area contributed by atoms with Crippen LogP contribution in [0.5, 0.6) is 0 Å². The molecule has 13 aromatic rings. The van der Waals surface area contributed by atoms with Crippen molar-refractivity contribution in [3.63, 3.8) is 0 Å². The largest absolute Gasteiger partial charge is 0.456 e. The van der Waals surface area contributed by atoms with E-state index in [0.29, 0.717) is 0 Å². The molecule has 9 aromatic carbocycles. The molecule has 0 unspecified atom stereocenters. The summed E-state index contributed by atoms with van der Waals surface area (Å²) in [5, 5.41) is 9.05. The lowest BCUT2D eigenvalue weighted by Crippen LogP contribution is -2.10. The van der Waals surface area contributed by atoms with Crippen molar-refractivity contribution in [2.75, 3.05) is 4.90 Å². The van der Waals surface area contributed by atoms with Crippen LogP contribution in [0, 0.1) is 0 Å². The topological polar surface area (TPSA) is 42.7 Å². The van der Waals surface area contributed by atoms with Gasteiger partial charge in [-0.05, 0) is 83.4 Å². The van der Waals surface area contributed by atoms with Crippen LogP contribution >= 0.6 is 11.3 Å². The number of para-hydroxylation sites is 3. The molecule has 4 aromatic heterocycles. The maximum absolute atomic E-state index is 6.53. The first-order valence-electron chi connectivity index (χ1n) is 19.8. The van der Waals surface area contributed by atoms with Crippen LogP contribution in [-0.4, -0.2) is 0 Å². The van der Waals surface area contributed by atoms with E-state index in [0.717, 1.165) is 105 Å². The number of furan rings is 3. The van der Waals surface area contributed by atoms with E-state index in [9.17, 15) is 0 Å². The summed E-state index contributed by atoms with van der Waals surface area (Å²) in [4.78, 5) is 2.39. The highest BCUT2D eigenvalue weighted by Gasteiger charge is 2.22. The molecular weight excluding hydrogens is 743 g/mol. The zero-order valence-electron chi connectivity index (χ0n) is 31.5. The Hall–Kier alpha value is -7.60. The minimum absolute atomic E-state index is 0.818. The van der Waals surface area contributed by atoms with Gasteiger partial charge in [-0.1, -0.05) is 121 Å². The highest BCUT2D eigenvalue weighted by molar-refractivity contribution is 7.26. The van der Waals surface area contributed by atoms with Crippen LogP contribution < -0.4 is 4.90 Å². The second-order valence-electron chi connectivity index (χ2n) is 15.2. The molecule has 0 aliphatic heterocycles. The number of nitrogens with zero attached hydrogens (tertiary/aromatic N) is 1. The van der Waals surface area contributed by atoms with E-state index < -0.39 is 0 Å². The molecule has 0 atom stereocenters. The molecule has 0 aliphatic rings. The summed E-state index contributed by atoms with van der Waals surface area (Å²) in [6, 6.07) is 66.6. The van der Waals surface area contributed by atoms with E-state index in [1.165, 1.54) is 20.2 Å². The van der Waals surface area contributed by atoms with Gasteiger partial charge in [0.25, 0.3) is 0 Å². The molecule has 0 saturated carbocycles. The van der Waals surface area contributed by atoms with E-state index in [1.54, 1.807) is 0 Å². The van der Waals surface area contributed by atoms with Gasteiger partial charge in [-0.15, -0.1) is 11.3 Å². The maximum Gasteiger partial charge on any atom is 0.147 e. The second kappa shape index (κ2) is 12.4. The lowest BCUT2D eigenvalue weighted by molar-refractivity contribution is 0.663. The number of thiophene rings is 1. The summed E-state index contributed by atoms with van der Waals surface area (Å²) in [6.45, 7) is 0. The highest BCUT2D eigenvalue weighted by atomic mass is 32.1. The van der Waals surface area contributed by atoms with Crippen LogP contribution in [0.2, 0.25) is 0 Å². The zero-order valence-corrected chi connectivity index (χ0v) is 32.3. The summed E-state index contributed by atoms with van der Waals surface area (Å²) in [6.07, 6.45) is 0. The molecule has 0 bridgehead atoms. The van der Waals surface area contributed by atoms with Gasteiger partial charge in [0.05, 0.1) is 15.8 Å². The van der Waals surface area contributed by atoms with Gasteiger partial charge in [-0.2, -0.15) is 0 Å². The van der Waals surface area contributed by atoms with Gasteiger partial charge in [0.2, 0.25) is 0 Å². The van der Waals surface area contributed by atoms with Gasteiger partial charge in [0.15, 0.2) is 0 Å². The van der Waals surface area contributed by atoms with Gasteiger partial charge >= 0.3 is 0 Å². The SMILES string of the molecule is c1ccc2c(c1)oc1c(-c3ccc(N(c4ccc(-c5cccc6oc7ccc8c9ccccc9oc8c7c56)cc4)c4cccc5c4sc4ccccc45)cc3)cccc12. The monoisotopic (exact) mass is 773 g/mol. The van der Waals surface area contributed by atoms with Crippen molar-refractivity contribution in [2.45, 2.75) is 0 Å². The highest BCUT2D eigenvalue weighted by Crippen LogP contribution is 2.47. The zero-order chi connectivity index (χ0) is 38.6. The fraction of sp³-hybridized carbons (Fsp3) is 0. The van der Waals surface area contributed by atoms with Crippen molar-refractivity contribution < 1.29 is 13.3 Å². The van der Waals surface area contributed by atoms with E-state index >= 15 is 0 Å². The summed E-state index contributed by atoms with van der Waals surface area (Å²) in [5.74, 6) is 0. The number of benzene rings is 9. The Labute approximate surface area is 341 Å². The lowest BCUT2D eigenvalue weighted by atomic mass is 9.98. The molecule has 276 valence electrons. The van der Waals surface area contributed by atoms with Gasteiger partial charge < -0.3 is 18.2 Å². The Morgan fingerprint density at radius 3 is 1.64 bits per heavy atom. The Bertz CT molecular complexity index is 3790. The Balaban J connectivity index is 0.970. The molecule has 4 nitrogen and oxygen atoms in total. The summed E-state index contributed by atoms with van der Waals surface area (Å²) < 4.78 is 22.0. The van der Waals surface area contributed by atoms with E-state index in [4.69, 9.17) is 13.3 Å². The molecule has 4 heterocycles. The summed E-state index contributed by atoms with van der Waals surface area (Å²) >= 11 is 1.84.